The number of nitrogens with zero attached hydrogens (tertiary/aromatic N) is 1. The predicted octanol–water partition coefficient (Wildman–Crippen LogP) is 7.53. The van der Waals surface area contributed by atoms with Gasteiger partial charge in [-0.1, -0.05) is 81.8 Å². The number of para-hydroxylation sites is 1. The third-order valence-electron chi connectivity index (χ3n) is 3.38. The Morgan fingerprint density at radius 1 is 0.920 bits per heavy atom. The van der Waals surface area contributed by atoms with Crippen LogP contribution in [-0.4, -0.2) is 5.71 Å². The Bertz CT molecular complexity index is 907. The van der Waals surface area contributed by atoms with Gasteiger partial charge in [0, 0.05) is 20.0 Å². The number of thioether (sulfide) groups is 1. The van der Waals surface area contributed by atoms with Gasteiger partial charge in [0.1, 0.15) is 0 Å². The summed E-state index contributed by atoms with van der Waals surface area (Å²) < 4.78 is 1.06. The van der Waals surface area contributed by atoms with Gasteiger partial charge in [-0.15, -0.1) is 0 Å². The zero-order chi connectivity index (χ0) is 17.5. The quantitative estimate of drug-likeness (QED) is 0.302. The molecule has 0 aliphatic rings. The van der Waals surface area contributed by atoms with Crippen molar-refractivity contribution < 1.29 is 0 Å². The second-order valence-electron chi connectivity index (χ2n) is 5.19. The summed E-state index contributed by atoms with van der Waals surface area (Å²) in [6.07, 6.45) is 2.00. The summed E-state index contributed by atoms with van der Waals surface area (Å²) in [4.78, 5) is 5.92. The standard InChI is InChI=1S/C21H15BrClNS/c22-16-7-6-10-18(15-16)25-14-13-21(19-11-4-5-12-20(19)23)24-17-8-2-1-3-9-17/h1-15H. The Balaban J connectivity index is 1.90. The van der Waals surface area contributed by atoms with Gasteiger partial charge < -0.3 is 0 Å². The number of hydrogen-bond donors (Lipinski definition) is 0. The monoisotopic (exact) mass is 427 g/mol. The van der Waals surface area contributed by atoms with Gasteiger partial charge in [0.05, 0.1) is 11.4 Å². The van der Waals surface area contributed by atoms with Crippen LogP contribution in [0.1, 0.15) is 5.56 Å². The van der Waals surface area contributed by atoms with Crippen molar-refractivity contribution in [2.24, 2.45) is 4.99 Å². The maximum absolute atomic E-state index is 6.37. The van der Waals surface area contributed by atoms with E-state index in [1.807, 2.05) is 78.2 Å². The molecule has 1 nitrogen and oxygen atoms in total. The van der Waals surface area contributed by atoms with E-state index in [0.717, 1.165) is 26.3 Å². The molecule has 0 amide bonds. The minimum atomic E-state index is 0.689. The van der Waals surface area contributed by atoms with Gasteiger partial charge in [-0.2, -0.15) is 0 Å². The molecule has 0 aliphatic carbocycles. The summed E-state index contributed by atoms with van der Waals surface area (Å²) in [5.74, 6) is 0. The minimum Gasteiger partial charge on any atom is -0.248 e. The number of aliphatic imine (C=N–C) groups is 1. The third-order valence-corrected chi connectivity index (χ3v) is 5.00. The van der Waals surface area contributed by atoms with E-state index in [2.05, 4.69) is 28.1 Å². The first-order valence-electron chi connectivity index (χ1n) is 7.70. The van der Waals surface area contributed by atoms with Crippen molar-refractivity contribution in [2.75, 3.05) is 0 Å². The van der Waals surface area contributed by atoms with E-state index in [0.29, 0.717) is 5.02 Å². The lowest BCUT2D eigenvalue weighted by Crippen LogP contribution is -1.97. The molecule has 25 heavy (non-hydrogen) atoms. The van der Waals surface area contributed by atoms with Gasteiger partial charge in [0.2, 0.25) is 0 Å². The van der Waals surface area contributed by atoms with Crippen molar-refractivity contribution in [3.8, 4) is 0 Å². The van der Waals surface area contributed by atoms with E-state index in [4.69, 9.17) is 16.6 Å². The van der Waals surface area contributed by atoms with E-state index in [-0.39, 0.29) is 0 Å². The average molecular weight is 429 g/mol. The van der Waals surface area contributed by atoms with Gasteiger partial charge in [-0.25, -0.2) is 4.99 Å². The summed E-state index contributed by atoms with van der Waals surface area (Å²) in [5, 5.41) is 2.72. The molecule has 4 heteroatoms. The molecule has 0 radical (unpaired) electrons. The molecule has 3 aromatic rings. The fraction of sp³-hybridized carbons (Fsp3) is 0. The highest BCUT2D eigenvalue weighted by atomic mass is 79.9. The lowest BCUT2D eigenvalue weighted by atomic mass is 10.1. The van der Waals surface area contributed by atoms with Crippen LogP contribution >= 0.6 is 39.3 Å². The van der Waals surface area contributed by atoms with E-state index < -0.39 is 0 Å². The first-order valence-corrected chi connectivity index (χ1v) is 9.75. The topological polar surface area (TPSA) is 12.4 Å². The fourth-order valence-corrected chi connectivity index (χ4v) is 3.70. The van der Waals surface area contributed by atoms with Crippen molar-refractivity contribution in [3.63, 3.8) is 0 Å². The lowest BCUT2D eigenvalue weighted by molar-refractivity contribution is 1.44. The number of benzene rings is 3. The maximum atomic E-state index is 6.37. The third kappa shape index (κ3) is 5.33. The van der Waals surface area contributed by atoms with Gasteiger partial charge in [0.15, 0.2) is 0 Å². The van der Waals surface area contributed by atoms with Crippen molar-refractivity contribution in [1.29, 1.82) is 0 Å². The van der Waals surface area contributed by atoms with Gasteiger partial charge in [-0.05, 0) is 47.9 Å². The van der Waals surface area contributed by atoms with Crippen LogP contribution in [0, 0.1) is 0 Å². The van der Waals surface area contributed by atoms with E-state index >= 15 is 0 Å². The maximum Gasteiger partial charge on any atom is 0.0729 e. The SMILES string of the molecule is Clc1ccccc1C(C=CSc1cccc(Br)c1)=Nc1ccccc1. The largest absolute Gasteiger partial charge is 0.248 e. The fourth-order valence-electron chi connectivity index (χ4n) is 2.22. The van der Waals surface area contributed by atoms with Crippen LogP contribution in [0.2, 0.25) is 5.02 Å². The van der Waals surface area contributed by atoms with Crippen molar-refractivity contribution in [3.05, 3.63) is 105 Å². The number of allylic oxidation sites excluding steroid dienone is 1. The van der Waals surface area contributed by atoms with Crippen LogP contribution in [0.15, 0.2) is 105 Å². The smallest absolute Gasteiger partial charge is 0.0729 e. The Hall–Kier alpha value is -1.81. The van der Waals surface area contributed by atoms with Crippen LogP contribution in [0.5, 0.6) is 0 Å². The van der Waals surface area contributed by atoms with Gasteiger partial charge in [0.25, 0.3) is 0 Å². The van der Waals surface area contributed by atoms with Crippen LogP contribution in [-0.2, 0) is 0 Å². The first kappa shape index (κ1) is 18.0. The summed E-state index contributed by atoms with van der Waals surface area (Å²) in [6, 6.07) is 25.8. The predicted molar refractivity (Wildman–Crippen MR) is 113 cm³/mol. The van der Waals surface area contributed by atoms with Gasteiger partial charge >= 0.3 is 0 Å². The Labute approximate surface area is 165 Å². The summed E-state index contributed by atoms with van der Waals surface area (Å²) in [5.41, 5.74) is 2.65. The first-order chi connectivity index (χ1) is 12.2. The molecular formula is C21H15BrClNS. The Kier molecular flexibility index (Phi) is 6.51. The molecule has 0 saturated carbocycles. The highest BCUT2D eigenvalue weighted by molar-refractivity contribution is 9.10. The molecule has 0 atom stereocenters. The van der Waals surface area contributed by atoms with Crippen LogP contribution in [0.3, 0.4) is 0 Å². The summed E-state index contributed by atoms with van der Waals surface area (Å²) in [7, 11) is 0. The molecule has 0 heterocycles. The zero-order valence-electron chi connectivity index (χ0n) is 13.3. The molecule has 3 rings (SSSR count). The van der Waals surface area contributed by atoms with Crippen molar-refractivity contribution >= 4 is 50.7 Å². The second kappa shape index (κ2) is 9.04. The molecule has 3 aromatic carbocycles. The number of rotatable bonds is 5. The number of hydrogen-bond acceptors (Lipinski definition) is 2. The highest BCUT2D eigenvalue weighted by Gasteiger charge is 2.05. The molecule has 0 bridgehead atoms. The Morgan fingerprint density at radius 2 is 1.68 bits per heavy atom. The molecule has 0 aromatic heterocycles. The summed E-state index contributed by atoms with van der Waals surface area (Å²) in [6.45, 7) is 0. The molecule has 0 unspecified atom stereocenters. The minimum absolute atomic E-state index is 0.689. The molecule has 0 N–H and O–H groups in total. The molecule has 0 fully saturated rings. The highest BCUT2D eigenvalue weighted by Crippen LogP contribution is 2.25. The van der Waals surface area contributed by atoms with Crippen LogP contribution in [0.4, 0.5) is 5.69 Å². The molecular weight excluding hydrogens is 414 g/mol. The lowest BCUT2D eigenvalue weighted by Gasteiger charge is -2.05. The second-order valence-corrected chi connectivity index (χ2v) is 7.49. The molecule has 0 aliphatic heterocycles. The van der Waals surface area contributed by atoms with E-state index in [1.165, 1.54) is 0 Å². The van der Waals surface area contributed by atoms with Crippen LogP contribution in [0.25, 0.3) is 0 Å². The average Bonchev–Trinajstić information content (AvgIpc) is 2.62. The zero-order valence-corrected chi connectivity index (χ0v) is 16.4. The summed E-state index contributed by atoms with van der Waals surface area (Å²) >= 11 is 11.5. The Morgan fingerprint density at radius 3 is 2.44 bits per heavy atom. The normalized spacial score (nSPS) is 11.8. The van der Waals surface area contributed by atoms with Crippen molar-refractivity contribution in [1.82, 2.24) is 0 Å². The molecule has 0 spiro atoms. The number of halogens is 2. The van der Waals surface area contributed by atoms with E-state index in [9.17, 15) is 0 Å². The van der Waals surface area contributed by atoms with E-state index in [1.54, 1.807) is 11.8 Å². The van der Waals surface area contributed by atoms with Crippen LogP contribution < -0.4 is 0 Å². The van der Waals surface area contributed by atoms with Crippen molar-refractivity contribution in [2.45, 2.75) is 4.90 Å². The van der Waals surface area contributed by atoms with Gasteiger partial charge in [-0.3, -0.25) is 0 Å². The molecule has 0 saturated heterocycles. The molecule has 124 valence electrons.